The van der Waals surface area contributed by atoms with Gasteiger partial charge in [0.1, 0.15) is 11.7 Å². The number of para-hydroxylation sites is 1. The summed E-state index contributed by atoms with van der Waals surface area (Å²) in [5, 5.41) is 6.56. The molecule has 0 spiro atoms. The molecule has 5 nitrogen and oxygen atoms in total. The van der Waals surface area contributed by atoms with Gasteiger partial charge < -0.3 is 21.1 Å². The summed E-state index contributed by atoms with van der Waals surface area (Å²) in [5.74, 6) is -0.191. The van der Waals surface area contributed by atoms with Crippen LogP contribution >= 0.6 is 12.2 Å². The fourth-order valence-electron chi connectivity index (χ4n) is 2.72. The van der Waals surface area contributed by atoms with Crippen molar-refractivity contribution in [3.05, 3.63) is 29.8 Å². The number of fused-ring (bicyclic) bond motifs is 4. The molecule has 0 aromatic heterocycles. The summed E-state index contributed by atoms with van der Waals surface area (Å²) < 4.78 is 5.90. The van der Waals surface area contributed by atoms with Crippen molar-refractivity contribution in [1.82, 2.24) is 10.6 Å². The molecule has 4 N–H and O–H groups in total. The van der Waals surface area contributed by atoms with E-state index in [2.05, 4.69) is 10.6 Å². The van der Waals surface area contributed by atoms with Crippen LogP contribution in [-0.4, -0.2) is 16.7 Å². The van der Waals surface area contributed by atoms with Gasteiger partial charge in [0.25, 0.3) is 0 Å². The summed E-state index contributed by atoms with van der Waals surface area (Å²) in [5.41, 5.74) is 5.51. The molecule has 6 heteroatoms. The zero-order valence-corrected chi connectivity index (χ0v) is 10.6. The minimum absolute atomic E-state index is 0.244. The maximum Gasteiger partial charge on any atom is 0.229 e. The number of rotatable bonds is 1. The number of hydrogen-bond acceptors (Lipinski definition) is 3. The number of amides is 1. The molecular weight excluding hydrogens is 250 g/mol. The summed E-state index contributed by atoms with van der Waals surface area (Å²) >= 11 is 5.15. The average Bonchev–Trinajstić information content (AvgIpc) is 2.26. The molecule has 1 amide bonds. The Balaban J connectivity index is 2.17. The Bertz CT molecular complexity index is 548. The number of ether oxygens (including phenoxy) is 1. The third-order valence-corrected chi connectivity index (χ3v) is 3.68. The average molecular weight is 263 g/mol. The summed E-state index contributed by atoms with van der Waals surface area (Å²) in [6.07, 6.45) is 0. The van der Waals surface area contributed by atoms with E-state index in [4.69, 9.17) is 22.7 Å². The quantitative estimate of drug-likeness (QED) is 0.640. The van der Waals surface area contributed by atoms with Crippen LogP contribution in [0.2, 0.25) is 0 Å². The third-order valence-electron chi connectivity index (χ3n) is 3.46. The first-order valence-electron chi connectivity index (χ1n) is 5.67. The predicted molar refractivity (Wildman–Crippen MR) is 69.8 cm³/mol. The van der Waals surface area contributed by atoms with Crippen molar-refractivity contribution in [2.45, 2.75) is 18.7 Å². The molecule has 1 aromatic carbocycles. The highest BCUT2D eigenvalue weighted by atomic mass is 32.1. The Morgan fingerprint density at radius 3 is 2.94 bits per heavy atom. The van der Waals surface area contributed by atoms with Crippen LogP contribution in [0.1, 0.15) is 18.5 Å². The van der Waals surface area contributed by atoms with E-state index < -0.39 is 17.6 Å². The van der Waals surface area contributed by atoms with Gasteiger partial charge in [-0.05, 0) is 25.2 Å². The van der Waals surface area contributed by atoms with Crippen molar-refractivity contribution in [3.8, 4) is 5.75 Å². The van der Waals surface area contributed by atoms with E-state index in [1.807, 2.05) is 24.3 Å². The van der Waals surface area contributed by atoms with Crippen molar-refractivity contribution in [3.63, 3.8) is 0 Å². The molecule has 1 saturated heterocycles. The van der Waals surface area contributed by atoms with Gasteiger partial charge in [-0.3, -0.25) is 4.79 Å². The maximum atomic E-state index is 11.7. The smallest absolute Gasteiger partial charge is 0.229 e. The van der Waals surface area contributed by atoms with Crippen molar-refractivity contribution < 1.29 is 9.53 Å². The Morgan fingerprint density at radius 1 is 1.50 bits per heavy atom. The number of benzene rings is 1. The lowest BCUT2D eigenvalue weighted by molar-refractivity contribution is -0.134. The van der Waals surface area contributed by atoms with Gasteiger partial charge in [-0.25, -0.2) is 0 Å². The molecule has 2 aliphatic rings. The van der Waals surface area contributed by atoms with Gasteiger partial charge in [-0.15, -0.1) is 0 Å². The van der Waals surface area contributed by atoms with Gasteiger partial charge in [-0.1, -0.05) is 18.2 Å². The van der Waals surface area contributed by atoms with E-state index in [1.54, 1.807) is 6.92 Å². The molecule has 3 atom stereocenters. The van der Waals surface area contributed by atoms with E-state index >= 15 is 0 Å². The molecule has 18 heavy (non-hydrogen) atoms. The minimum Gasteiger partial charge on any atom is -0.467 e. The normalized spacial score (nSPS) is 32.6. The van der Waals surface area contributed by atoms with Crippen LogP contribution in [0.15, 0.2) is 24.3 Å². The lowest BCUT2D eigenvalue weighted by Gasteiger charge is -2.50. The molecule has 3 rings (SSSR count). The van der Waals surface area contributed by atoms with Crippen molar-refractivity contribution >= 4 is 23.2 Å². The van der Waals surface area contributed by atoms with Crippen LogP contribution in [0, 0.1) is 5.92 Å². The zero-order valence-electron chi connectivity index (χ0n) is 9.77. The highest BCUT2D eigenvalue weighted by Crippen LogP contribution is 2.44. The fraction of sp³-hybridized carbons (Fsp3) is 0.333. The summed E-state index contributed by atoms with van der Waals surface area (Å²) in [6.45, 7) is 1.79. The topological polar surface area (TPSA) is 76.4 Å². The van der Waals surface area contributed by atoms with Crippen LogP contribution in [0.4, 0.5) is 0 Å². The van der Waals surface area contributed by atoms with Crippen molar-refractivity contribution in [2.75, 3.05) is 0 Å². The molecule has 1 fully saturated rings. The maximum absolute atomic E-state index is 11.7. The lowest BCUT2D eigenvalue weighted by Crippen LogP contribution is -2.70. The van der Waals surface area contributed by atoms with Crippen molar-refractivity contribution in [2.24, 2.45) is 11.7 Å². The zero-order chi connectivity index (χ0) is 12.9. The van der Waals surface area contributed by atoms with Crippen LogP contribution in [-0.2, 0) is 4.79 Å². The van der Waals surface area contributed by atoms with Crippen LogP contribution in [0.3, 0.4) is 0 Å². The molecular formula is C12H13N3O2S. The first-order valence-corrected chi connectivity index (χ1v) is 6.08. The fourth-order valence-corrected chi connectivity index (χ4v) is 3.05. The Morgan fingerprint density at radius 2 is 2.22 bits per heavy atom. The number of primary amides is 1. The predicted octanol–water partition coefficient (Wildman–Crippen LogP) is 0.415. The number of carbonyl (C=O) groups is 1. The van der Waals surface area contributed by atoms with Crippen molar-refractivity contribution in [1.29, 1.82) is 0 Å². The lowest BCUT2D eigenvalue weighted by atomic mass is 9.80. The number of nitrogens with two attached hydrogens (primary N) is 1. The highest BCUT2D eigenvalue weighted by molar-refractivity contribution is 7.80. The molecule has 94 valence electrons. The van der Waals surface area contributed by atoms with Gasteiger partial charge in [0.05, 0.1) is 6.04 Å². The van der Waals surface area contributed by atoms with E-state index in [0.29, 0.717) is 5.11 Å². The Labute approximate surface area is 110 Å². The summed E-state index contributed by atoms with van der Waals surface area (Å²) in [6, 6.07) is 7.33. The molecule has 1 aromatic rings. The van der Waals surface area contributed by atoms with Gasteiger partial charge in [0, 0.05) is 5.56 Å². The molecule has 2 heterocycles. The monoisotopic (exact) mass is 263 g/mol. The molecule has 0 aliphatic carbocycles. The summed E-state index contributed by atoms with van der Waals surface area (Å²) in [4.78, 5) is 11.7. The first-order chi connectivity index (χ1) is 8.51. The summed E-state index contributed by atoms with van der Waals surface area (Å²) in [7, 11) is 0. The second-order valence-corrected chi connectivity index (χ2v) is 5.11. The number of thiocarbonyl (C=S) groups is 1. The molecule has 0 radical (unpaired) electrons. The van der Waals surface area contributed by atoms with E-state index in [0.717, 1.165) is 11.3 Å². The standard InChI is InChI=1S/C12H13N3O2S/c1-12-8(10(13)16)9(14-11(18)15-12)6-4-2-3-5-7(6)17-12/h2-5,8-9H,1H3,(H2,13,16)(H2,14,15,18)/t8-,9-,12+/m1/s1. The van der Waals surface area contributed by atoms with Gasteiger partial charge in [0.2, 0.25) is 5.91 Å². The Hall–Kier alpha value is -1.82. The third kappa shape index (κ3) is 1.45. The highest BCUT2D eigenvalue weighted by Gasteiger charge is 2.53. The van der Waals surface area contributed by atoms with E-state index in [9.17, 15) is 4.79 Å². The van der Waals surface area contributed by atoms with Crippen LogP contribution < -0.4 is 21.1 Å². The van der Waals surface area contributed by atoms with Gasteiger partial charge in [-0.2, -0.15) is 0 Å². The second kappa shape index (κ2) is 3.58. The minimum atomic E-state index is -0.896. The van der Waals surface area contributed by atoms with Crippen LogP contribution in [0.25, 0.3) is 0 Å². The number of carbonyl (C=O) groups excluding carboxylic acids is 1. The Kier molecular flexibility index (Phi) is 2.25. The van der Waals surface area contributed by atoms with Crippen LogP contribution in [0.5, 0.6) is 5.75 Å². The second-order valence-electron chi connectivity index (χ2n) is 4.70. The molecule has 0 saturated carbocycles. The number of nitrogens with one attached hydrogen (secondary N) is 2. The molecule has 2 aliphatic heterocycles. The largest absolute Gasteiger partial charge is 0.467 e. The van der Waals surface area contributed by atoms with E-state index in [1.165, 1.54) is 0 Å². The van der Waals surface area contributed by atoms with Gasteiger partial charge >= 0.3 is 0 Å². The SMILES string of the molecule is C[C@]12NC(=S)N[C@H](c3ccccc3O1)[C@@H]2C(N)=O. The molecule has 0 unspecified atom stereocenters. The number of hydrogen-bond donors (Lipinski definition) is 3. The van der Waals surface area contributed by atoms with Gasteiger partial charge in [0.15, 0.2) is 10.8 Å². The van der Waals surface area contributed by atoms with E-state index in [-0.39, 0.29) is 6.04 Å². The molecule has 2 bridgehead atoms. The first kappa shape index (κ1) is 11.3.